The topological polar surface area (TPSA) is 70.0 Å². The van der Waals surface area contributed by atoms with Gasteiger partial charge in [0.1, 0.15) is 12.4 Å². The van der Waals surface area contributed by atoms with Crippen LogP contribution in [0.4, 0.5) is 0 Å². The number of carboxylic acids is 1. The summed E-state index contributed by atoms with van der Waals surface area (Å²) in [5, 5.41) is 16.1. The number of carboxylic acid groups (broad SMARTS) is 1. The van der Waals surface area contributed by atoms with Gasteiger partial charge in [-0.1, -0.05) is 111 Å². The molecule has 0 spiro atoms. The molecule has 0 fully saturated rings. The van der Waals surface area contributed by atoms with Crippen LogP contribution in [0.3, 0.4) is 0 Å². The largest absolute Gasteiger partial charge is 0.489 e. The number of hydrogen-bond donors (Lipinski definition) is 2. The SMILES string of the molecule is CC(C)c1ccc(CN(CCCCC(=O)O)CCc2ccccc2OCc2ccc(CCc3ccccc3)cc2)cc1.CO. The first-order chi connectivity index (χ1) is 21.5. The number of benzene rings is 4. The number of ether oxygens (including phenoxy) is 1. The van der Waals surface area contributed by atoms with Crippen molar-refractivity contribution in [2.45, 2.75) is 71.4 Å². The van der Waals surface area contributed by atoms with E-state index < -0.39 is 5.97 Å². The number of nitrogens with zero attached hydrogens (tertiary/aromatic N) is 1. The minimum atomic E-state index is -0.723. The zero-order chi connectivity index (χ0) is 31.6. The fraction of sp³-hybridized carbons (Fsp3) is 0.359. The molecule has 0 saturated heterocycles. The number of aliphatic hydroxyl groups is 1. The van der Waals surface area contributed by atoms with Crippen molar-refractivity contribution in [3.05, 3.63) is 137 Å². The molecule has 0 amide bonds. The van der Waals surface area contributed by atoms with Gasteiger partial charge in [-0.05, 0) is 84.0 Å². The summed E-state index contributed by atoms with van der Waals surface area (Å²) in [4.78, 5) is 13.4. The Hall–Kier alpha value is -3.93. The Morgan fingerprint density at radius 1 is 0.682 bits per heavy atom. The molecule has 0 bridgehead atoms. The van der Waals surface area contributed by atoms with Crippen molar-refractivity contribution in [1.29, 1.82) is 0 Å². The first-order valence-corrected chi connectivity index (χ1v) is 15.8. The molecule has 5 nitrogen and oxygen atoms in total. The van der Waals surface area contributed by atoms with Crippen molar-refractivity contribution in [2.24, 2.45) is 0 Å². The maximum atomic E-state index is 11.0. The number of unbranched alkanes of at least 4 members (excludes halogenated alkanes) is 1. The normalized spacial score (nSPS) is 10.9. The van der Waals surface area contributed by atoms with E-state index in [1.807, 2.05) is 6.07 Å². The molecule has 0 unspecified atom stereocenters. The highest BCUT2D eigenvalue weighted by molar-refractivity contribution is 5.66. The average molecular weight is 596 g/mol. The first-order valence-electron chi connectivity index (χ1n) is 15.8. The minimum Gasteiger partial charge on any atom is -0.489 e. The lowest BCUT2D eigenvalue weighted by Crippen LogP contribution is -2.27. The number of hydrogen-bond acceptors (Lipinski definition) is 4. The number of aliphatic carboxylic acids is 1. The summed E-state index contributed by atoms with van der Waals surface area (Å²) in [6.07, 6.45) is 4.74. The fourth-order valence-electron chi connectivity index (χ4n) is 5.17. The number of aliphatic hydroxyl groups excluding tert-OH is 1. The molecule has 0 saturated carbocycles. The van der Waals surface area contributed by atoms with Crippen LogP contribution in [-0.2, 0) is 37.2 Å². The standard InChI is InChI=1S/C38H45NO3.CH4O/c1-30(2)35-23-21-33(22-24-35)28-39(26-9-8-14-38(40)41)27-25-36-12-6-7-13-37(36)42-29-34-19-17-32(18-20-34)16-15-31-10-4-3-5-11-31;1-2/h3-7,10-13,17-24,30H,8-9,14-16,25-29H2,1-2H3,(H,40,41);2H,1H3. The molecule has 0 heterocycles. The molecule has 0 radical (unpaired) electrons. The van der Waals surface area contributed by atoms with Crippen molar-refractivity contribution < 1.29 is 19.7 Å². The van der Waals surface area contributed by atoms with Crippen LogP contribution in [0.1, 0.15) is 72.4 Å². The van der Waals surface area contributed by atoms with E-state index in [0.717, 1.165) is 63.7 Å². The Morgan fingerprint density at radius 2 is 1.27 bits per heavy atom. The lowest BCUT2D eigenvalue weighted by atomic mass is 10.0. The molecule has 0 aliphatic heterocycles. The summed E-state index contributed by atoms with van der Waals surface area (Å²) >= 11 is 0. The van der Waals surface area contributed by atoms with Gasteiger partial charge < -0.3 is 14.9 Å². The number of carbonyl (C=O) groups is 1. The number of aryl methyl sites for hydroxylation is 2. The highest BCUT2D eigenvalue weighted by Gasteiger charge is 2.11. The fourth-order valence-corrected chi connectivity index (χ4v) is 5.17. The Balaban J connectivity index is 0.00000259. The van der Waals surface area contributed by atoms with Crippen LogP contribution in [-0.4, -0.2) is 41.3 Å². The van der Waals surface area contributed by atoms with Crippen LogP contribution in [0.5, 0.6) is 5.75 Å². The second-order valence-electron chi connectivity index (χ2n) is 11.5. The van der Waals surface area contributed by atoms with Gasteiger partial charge in [-0.25, -0.2) is 0 Å². The smallest absolute Gasteiger partial charge is 0.303 e. The predicted octanol–water partition coefficient (Wildman–Crippen LogP) is 8.08. The van der Waals surface area contributed by atoms with E-state index in [0.29, 0.717) is 18.9 Å². The molecule has 0 aliphatic rings. The predicted molar refractivity (Wildman–Crippen MR) is 180 cm³/mol. The van der Waals surface area contributed by atoms with Gasteiger partial charge >= 0.3 is 5.97 Å². The maximum Gasteiger partial charge on any atom is 0.303 e. The Labute approximate surface area is 264 Å². The molecule has 4 aromatic carbocycles. The van der Waals surface area contributed by atoms with E-state index in [1.54, 1.807) is 0 Å². The van der Waals surface area contributed by atoms with E-state index in [9.17, 15) is 4.79 Å². The molecule has 234 valence electrons. The second-order valence-corrected chi connectivity index (χ2v) is 11.5. The zero-order valence-electron chi connectivity index (χ0n) is 26.6. The van der Waals surface area contributed by atoms with Crippen LogP contribution in [0.2, 0.25) is 0 Å². The summed E-state index contributed by atoms with van der Waals surface area (Å²) in [5.74, 6) is 0.719. The van der Waals surface area contributed by atoms with E-state index in [4.69, 9.17) is 14.9 Å². The third-order valence-corrected chi connectivity index (χ3v) is 7.80. The van der Waals surface area contributed by atoms with Gasteiger partial charge in [0.25, 0.3) is 0 Å². The van der Waals surface area contributed by atoms with Crippen LogP contribution in [0.15, 0.2) is 103 Å². The van der Waals surface area contributed by atoms with Crippen molar-refractivity contribution in [3.8, 4) is 5.75 Å². The van der Waals surface area contributed by atoms with Crippen LogP contribution < -0.4 is 4.74 Å². The van der Waals surface area contributed by atoms with Crippen LogP contribution in [0.25, 0.3) is 0 Å². The monoisotopic (exact) mass is 595 g/mol. The molecular weight excluding hydrogens is 546 g/mol. The summed E-state index contributed by atoms with van der Waals surface area (Å²) < 4.78 is 6.32. The van der Waals surface area contributed by atoms with Gasteiger partial charge in [-0.15, -0.1) is 0 Å². The molecule has 4 aromatic rings. The van der Waals surface area contributed by atoms with E-state index in [1.165, 1.54) is 27.8 Å². The van der Waals surface area contributed by atoms with Gasteiger partial charge in [0.05, 0.1) is 0 Å². The highest BCUT2D eigenvalue weighted by atomic mass is 16.5. The second kappa shape index (κ2) is 19.4. The molecular formula is C39H49NO4. The number of rotatable bonds is 17. The lowest BCUT2D eigenvalue weighted by molar-refractivity contribution is -0.137. The van der Waals surface area contributed by atoms with Crippen molar-refractivity contribution in [1.82, 2.24) is 4.90 Å². The molecule has 44 heavy (non-hydrogen) atoms. The highest BCUT2D eigenvalue weighted by Crippen LogP contribution is 2.22. The first kappa shape index (κ1) is 34.6. The van der Waals surface area contributed by atoms with Crippen molar-refractivity contribution in [3.63, 3.8) is 0 Å². The molecule has 5 heteroatoms. The zero-order valence-corrected chi connectivity index (χ0v) is 26.6. The quantitative estimate of drug-likeness (QED) is 0.121. The summed E-state index contributed by atoms with van der Waals surface area (Å²) in [6.45, 7) is 7.58. The van der Waals surface area contributed by atoms with Gasteiger partial charge in [-0.2, -0.15) is 0 Å². The van der Waals surface area contributed by atoms with Gasteiger partial charge in [-0.3, -0.25) is 9.69 Å². The van der Waals surface area contributed by atoms with Crippen LogP contribution >= 0.6 is 0 Å². The molecule has 0 aliphatic carbocycles. The maximum absolute atomic E-state index is 11.0. The Bertz CT molecular complexity index is 1350. The summed E-state index contributed by atoms with van der Waals surface area (Å²) in [7, 11) is 1.00. The van der Waals surface area contributed by atoms with Gasteiger partial charge in [0.2, 0.25) is 0 Å². The third-order valence-electron chi connectivity index (χ3n) is 7.80. The Kier molecular flexibility index (Phi) is 15.2. The molecule has 2 N–H and O–H groups in total. The Morgan fingerprint density at radius 3 is 1.93 bits per heavy atom. The van der Waals surface area contributed by atoms with E-state index in [2.05, 4.69) is 116 Å². The summed E-state index contributed by atoms with van der Waals surface area (Å²) in [6, 6.07) is 36.6. The average Bonchev–Trinajstić information content (AvgIpc) is 3.06. The molecule has 0 aromatic heterocycles. The van der Waals surface area contributed by atoms with Crippen molar-refractivity contribution in [2.75, 3.05) is 20.2 Å². The molecule has 0 atom stereocenters. The van der Waals surface area contributed by atoms with Gasteiger partial charge in [0.15, 0.2) is 0 Å². The van der Waals surface area contributed by atoms with Crippen LogP contribution in [0, 0.1) is 0 Å². The summed E-state index contributed by atoms with van der Waals surface area (Å²) in [5.41, 5.74) is 7.70. The number of para-hydroxylation sites is 1. The van der Waals surface area contributed by atoms with Crippen molar-refractivity contribution >= 4 is 5.97 Å². The van der Waals surface area contributed by atoms with E-state index >= 15 is 0 Å². The third kappa shape index (κ3) is 12.4. The molecule has 4 rings (SSSR count). The van der Waals surface area contributed by atoms with E-state index in [-0.39, 0.29) is 6.42 Å². The van der Waals surface area contributed by atoms with Gasteiger partial charge in [0, 0.05) is 26.6 Å². The lowest BCUT2D eigenvalue weighted by Gasteiger charge is -2.23. The minimum absolute atomic E-state index is 0.224.